The second-order valence-corrected chi connectivity index (χ2v) is 6.83. The Balaban J connectivity index is 1.84. The van der Waals surface area contributed by atoms with Crippen LogP contribution in [0.4, 0.5) is 4.79 Å². The van der Waals surface area contributed by atoms with Gasteiger partial charge in [-0.05, 0) is 39.0 Å². The minimum absolute atomic E-state index is 0.139. The molecule has 2 aliphatic heterocycles. The first kappa shape index (κ1) is 13.7. The first-order chi connectivity index (χ1) is 8.40. The highest BCUT2D eigenvalue weighted by molar-refractivity contribution is 5.68. The van der Waals surface area contributed by atoms with Crippen molar-refractivity contribution in [3.05, 3.63) is 0 Å². The van der Waals surface area contributed by atoms with Crippen molar-refractivity contribution in [2.45, 2.75) is 52.1 Å². The predicted octanol–water partition coefficient (Wildman–Crippen LogP) is 1.36. The molecule has 18 heavy (non-hydrogen) atoms. The van der Waals surface area contributed by atoms with Crippen LogP contribution in [0.25, 0.3) is 0 Å². The Labute approximate surface area is 110 Å². The molecule has 1 spiro atoms. The molecule has 0 radical (unpaired) electrons. The number of likely N-dealkylation sites (tertiary alicyclic amines) is 1. The minimum atomic E-state index is -0.383. The number of piperidine rings is 2. The first-order valence-corrected chi connectivity index (χ1v) is 7.20. The molecule has 2 aliphatic rings. The summed E-state index contributed by atoms with van der Waals surface area (Å²) in [5.74, 6) is 0. The smallest absolute Gasteiger partial charge is 0.410 e. The molecule has 0 aromatic heterocycles. The van der Waals surface area contributed by atoms with E-state index in [4.69, 9.17) is 4.74 Å². The SMILES string of the molecule is CC(C)(C)OC(=O)N1CCC2(CC[NH2+]CC2)CC1. The van der Waals surface area contributed by atoms with E-state index < -0.39 is 0 Å². The van der Waals surface area contributed by atoms with Crippen LogP contribution in [-0.2, 0) is 4.74 Å². The van der Waals surface area contributed by atoms with Gasteiger partial charge in [-0.3, -0.25) is 0 Å². The Morgan fingerprint density at radius 2 is 1.67 bits per heavy atom. The molecule has 2 fully saturated rings. The number of nitrogens with two attached hydrogens (primary N) is 1. The van der Waals surface area contributed by atoms with Gasteiger partial charge in [0.15, 0.2) is 0 Å². The Bertz CT molecular complexity index is 293. The largest absolute Gasteiger partial charge is 0.444 e. The fourth-order valence-electron chi connectivity index (χ4n) is 3.08. The maximum atomic E-state index is 12.0. The zero-order valence-electron chi connectivity index (χ0n) is 12.0. The van der Waals surface area contributed by atoms with Crippen molar-refractivity contribution in [2.24, 2.45) is 5.41 Å². The van der Waals surface area contributed by atoms with Gasteiger partial charge in [-0.2, -0.15) is 0 Å². The number of carbonyl (C=O) groups is 1. The van der Waals surface area contributed by atoms with E-state index in [1.54, 1.807) is 0 Å². The highest BCUT2D eigenvalue weighted by Gasteiger charge is 2.38. The highest BCUT2D eigenvalue weighted by atomic mass is 16.6. The van der Waals surface area contributed by atoms with E-state index in [0.29, 0.717) is 5.41 Å². The minimum Gasteiger partial charge on any atom is -0.444 e. The molecule has 1 amide bonds. The summed E-state index contributed by atoms with van der Waals surface area (Å²) >= 11 is 0. The van der Waals surface area contributed by atoms with E-state index in [2.05, 4.69) is 5.32 Å². The van der Waals surface area contributed by atoms with Crippen LogP contribution in [0.15, 0.2) is 0 Å². The van der Waals surface area contributed by atoms with Crippen molar-refractivity contribution >= 4 is 6.09 Å². The van der Waals surface area contributed by atoms with Gasteiger partial charge in [0.1, 0.15) is 5.60 Å². The van der Waals surface area contributed by atoms with Crippen LogP contribution < -0.4 is 5.32 Å². The third-order valence-corrected chi connectivity index (χ3v) is 4.23. The number of quaternary nitrogens is 1. The number of ether oxygens (including phenoxy) is 1. The van der Waals surface area contributed by atoms with Gasteiger partial charge in [-0.25, -0.2) is 4.79 Å². The Kier molecular flexibility index (Phi) is 3.85. The van der Waals surface area contributed by atoms with E-state index in [0.717, 1.165) is 25.9 Å². The summed E-state index contributed by atoms with van der Waals surface area (Å²) in [4.78, 5) is 13.9. The zero-order valence-corrected chi connectivity index (χ0v) is 12.0. The quantitative estimate of drug-likeness (QED) is 0.710. The fourth-order valence-corrected chi connectivity index (χ4v) is 3.08. The van der Waals surface area contributed by atoms with Crippen molar-refractivity contribution in [1.82, 2.24) is 4.90 Å². The highest BCUT2D eigenvalue weighted by Crippen LogP contribution is 2.38. The van der Waals surface area contributed by atoms with Crippen LogP contribution in [0.1, 0.15) is 46.5 Å². The molecule has 2 rings (SSSR count). The van der Waals surface area contributed by atoms with Gasteiger partial charge in [-0.1, -0.05) is 0 Å². The van der Waals surface area contributed by atoms with Crippen LogP contribution in [0.2, 0.25) is 0 Å². The average Bonchev–Trinajstić information content (AvgIpc) is 2.28. The Hall–Kier alpha value is -0.770. The third-order valence-electron chi connectivity index (χ3n) is 4.23. The molecule has 0 saturated carbocycles. The summed E-state index contributed by atoms with van der Waals surface area (Å²) in [5.41, 5.74) is 0.138. The lowest BCUT2D eigenvalue weighted by molar-refractivity contribution is -0.668. The molecule has 104 valence electrons. The summed E-state index contributed by atoms with van der Waals surface area (Å²) in [6, 6.07) is 0. The Morgan fingerprint density at radius 1 is 1.11 bits per heavy atom. The van der Waals surface area contributed by atoms with Crippen molar-refractivity contribution in [3.8, 4) is 0 Å². The third kappa shape index (κ3) is 3.37. The number of rotatable bonds is 0. The van der Waals surface area contributed by atoms with E-state index >= 15 is 0 Å². The maximum absolute atomic E-state index is 12.0. The summed E-state index contributed by atoms with van der Waals surface area (Å²) in [5, 5.41) is 2.41. The molecule has 2 heterocycles. The molecule has 2 saturated heterocycles. The average molecular weight is 255 g/mol. The Morgan fingerprint density at radius 3 is 2.17 bits per heavy atom. The number of amides is 1. The summed E-state index contributed by atoms with van der Waals surface area (Å²) in [7, 11) is 0. The fraction of sp³-hybridized carbons (Fsp3) is 0.929. The van der Waals surface area contributed by atoms with Gasteiger partial charge in [0.05, 0.1) is 13.1 Å². The van der Waals surface area contributed by atoms with Crippen LogP contribution in [0.5, 0.6) is 0 Å². The summed E-state index contributed by atoms with van der Waals surface area (Å²) in [6.07, 6.45) is 4.80. The lowest BCUT2D eigenvalue weighted by Gasteiger charge is -2.43. The number of hydrogen-bond donors (Lipinski definition) is 1. The monoisotopic (exact) mass is 255 g/mol. The van der Waals surface area contributed by atoms with Crippen LogP contribution in [-0.4, -0.2) is 42.8 Å². The summed E-state index contributed by atoms with van der Waals surface area (Å²) < 4.78 is 5.43. The van der Waals surface area contributed by atoms with Crippen LogP contribution in [0.3, 0.4) is 0 Å². The summed E-state index contributed by atoms with van der Waals surface area (Å²) in [6.45, 7) is 10.0. The second-order valence-electron chi connectivity index (χ2n) is 6.83. The lowest BCUT2D eigenvalue weighted by Crippen LogP contribution is -2.87. The standard InChI is InChI=1S/C14H26N2O2/c1-13(2,3)18-12(17)16-10-6-14(7-11-16)4-8-15-9-5-14/h15H,4-11H2,1-3H3/p+1. The number of nitrogens with zero attached hydrogens (tertiary/aromatic N) is 1. The molecule has 0 unspecified atom stereocenters. The molecule has 4 nitrogen and oxygen atoms in total. The van der Waals surface area contributed by atoms with Crippen LogP contribution in [0, 0.1) is 5.41 Å². The molecule has 2 N–H and O–H groups in total. The topological polar surface area (TPSA) is 46.1 Å². The lowest BCUT2D eigenvalue weighted by atomic mass is 9.72. The van der Waals surface area contributed by atoms with Crippen molar-refractivity contribution in [2.75, 3.05) is 26.2 Å². The van der Waals surface area contributed by atoms with Crippen LogP contribution >= 0.6 is 0 Å². The molecule has 0 atom stereocenters. The first-order valence-electron chi connectivity index (χ1n) is 7.20. The number of hydrogen-bond acceptors (Lipinski definition) is 2. The van der Waals surface area contributed by atoms with Gasteiger partial charge in [-0.15, -0.1) is 0 Å². The molecule has 0 aromatic carbocycles. The molecule has 0 bridgehead atoms. The molecular weight excluding hydrogens is 228 g/mol. The van der Waals surface area contributed by atoms with Gasteiger partial charge in [0.25, 0.3) is 0 Å². The van der Waals surface area contributed by atoms with Gasteiger partial charge >= 0.3 is 6.09 Å². The normalized spacial score (nSPS) is 24.1. The molecule has 0 aromatic rings. The van der Waals surface area contributed by atoms with E-state index in [9.17, 15) is 4.79 Å². The zero-order chi connectivity index (χ0) is 13.2. The van der Waals surface area contributed by atoms with Gasteiger partial charge in [0, 0.05) is 25.9 Å². The predicted molar refractivity (Wildman–Crippen MR) is 70.4 cm³/mol. The van der Waals surface area contributed by atoms with E-state index in [1.165, 1.54) is 25.9 Å². The molecule has 0 aliphatic carbocycles. The second kappa shape index (κ2) is 5.08. The van der Waals surface area contributed by atoms with Crippen molar-refractivity contribution < 1.29 is 14.8 Å². The van der Waals surface area contributed by atoms with Gasteiger partial charge in [0.2, 0.25) is 0 Å². The van der Waals surface area contributed by atoms with Gasteiger partial charge < -0.3 is 15.0 Å². The van der Waals surface area contributed by atoms with Crippen molar-refractivity contribution in [3.63, 3.8) is 0 Å². The molecule has 4 heteroatoms. The molecular formula is C14H27N2O2+. The van der Waals surface area contributed by atoms with E-state index in [-0.39, 0.29) is 11.7 Å². The maximum Gasteiger partial charge on any atom is 0.410 e. The van der Waals surface area contributed by atoms with Crippen molar-refractivity contribution in [1.29, 1.82) is 0 Å². The van der Waals surface area contributed by atoms with E-state index in [1.807, 2.05) is 25.7 Å². The number of carbonyl (C=O) groups excluding carboxylic acids is 1.